The van der Waals surface area contributed by atoms with Crippen LogP contribution in [0.2, 0.25) is 0 Å². The van der Waals surface area contributed by atoms with Gasteiger partial charge in [-0.15, -0.1) is 0 Å². The highest BCUT2D eigenvalue weighted by Crippen LogP contribution is 2.45. The summed E-state index contributed by atoms with van der Waals surface area (Å²) in [6, 6.07) is 0. The third kappa shape index (κ3) is 57.8. The molecule has 0 aliphatic heterocycles. The molecule has 0 saturated heterocycles. The molecule has 19 heteroatoms. The lowest BCUT2D eigenvalue weighted by Crippen LogP contribution is -2.30. The fraction of sp³-hybridized carbons (Fsp3) is 0.938. The van der Waals surface area contributed by atoms with Crippen molar-refractivity contribution in [1.82, 2.24) is 0 Å². The Bertz CT molecular complexity index is 1640. The van der Waals surface area contributed by atoms with E-state index < -0.39 is 97.5 Å². The first-order valence-corrected chi connectivity index (χ1v) is 37.2. The zero-order valence-electron chi connectivity index (χ0n) is 54.0. The Balaban J connectivity index is 5.03. The summed E-state index contributed by atoms with van der Waals surface area (Å²) < 4.78 is 67.7. The number of esters is 4. The Hall–Kier alpha value is -1.94. The van der Waals surface area contributed by atoms with E-state index in [1.54, 1.807) is 0 Å². The highest BCUT2D eigenvalue weighted by Gasteiger charge is 2.30. The van der Waals surface area contributed by atoms with Gasteiger partial charge in [0.1, 0.15) is 19.3 Å². The van der Waals surface area contributed by atoms with Gasteiger partial charge in [-0.1, -0.05) is 279 Å². The molecule has 0 aromatic carbocycles. The number of carbonyl (C=O) groups is 4. The molecule has 3 N–H and O–H groups in total. The number of hydrogen-bond donors (Lipinski definition) is 3. The van der Waals surface area contributed by atoms with Crippen LogP contribution in [-0.4, -0.2) is 96.7 Å². The van der Waals surface area contributed by atoms with E-state index in [-0.39, 0.29) is 25.7 Å². The second-order valence-corrected chi connectivity index (χ2v) is 26.7. The van der Waals surface area contributed by atoms with Crippen molar-refractivity contribution in [1.29, 1.82) is 0 Å². The number of phosphoric acid groups is 2. The Morgan fingerprint density at radius 2 is 0.571 bits per heavy atom. The summed E-state index contributed by atoms with van der Waals surface area (Å²) in [6.07, 6.45) is 43.9. The van der Waals surface area contributed by atoms with Crippen molar-refractivity contribution in [2.75, 3.05) is 39.6 Å². The minimum absolute atomic E-state index is 0.103. The number of ether oxygens (including phenoxy) is 4. The number of aliphatic hydroxyl groups is 1. The molecule has 0 aliphatic rings. The maximum absolute atomic E-state index is 13.0. The number of rotatable bonds is 65. The number of unbranched alkanes of at least 4 members (excludes halogenated alkanes) is 36. The van der Waals surface area contributed by atoms with Gasteiger partial charge in [0.05, 0.1) is 26.4 Å². The van der Waals surface area contributed by atoms with E-state index in [9.17, 15) is 43.2 Å². The van der Waals surface area contributed by atoms with E-state index in [0.717, 1.165) is 121 Å². The van der Waals surface area contributed by atoms with Crippen LogP contribution < -0.4 is 0 Å². The molecule has 3 unspecified atom stereocenters. The molecule has 0 aliphatic carbocycles. The van der Waals surface area contributed by atoms with E-state index in [4.69, 9.17) is 37.0 Å². The summed E-state index contributed by atoms with van der Waals surface area (Å²) in [5.74, 6) is -1.42. The highest BCUT2D eigenvalue weighted by molar-refractivity contribution is 7.47. The van der Waals surface area contributed by atoms with Crippen LogP contribution in [0.1, 0.15) is 330 Å². The van der Waals surface area contributed by atoms with E-state index in [0.29, 0.717) is 25.7 Å². The lowest BCUT2D eigenvalue weighted by Gasteiger charge is -2.21. The standard InChI is InChI=1S/C65H126O17P2/c1-6-10-13-16-18-19-20-21-22-23-24-25-26-27-28-29-30-31-32-34-41-46-51-65(70)82-61(55-76-63(68)49-44-39-36-35-38-42-47-58(5)9-4)57-80-84(73,74)78-53-59(66)52-77-83(71,72)79-56-60(54-75-62(67)48-43-37-15-12-8-3)81-64(69)50-45-40-33-17-14-11-7-2/h58-61,66H,6-57H2,1-5H3,(H,71,72)(H,73,74)/t58?,59-,60+,61+/m0/s1. The molecular formula is C65H126O17P2. The van der Waals surface area contributed by atoms with Crippen LogP contribution in [0, 0.1) is 5.92 Å². The summed E-state index contributed by atoms with van der Waals surface area (Å²) in [5.41, 5.74) is 0. The molecule has 17 nitrogen and oxygen atoms in total. The van der Waals surface area contributed by atoms with Gasteiger partial charge in [0.25, 0.3) is 0 Å². The van der Waals surface area contributed by atoms with Gasteiger partial charge in [-0.2, -0.15) is 0 Å². The van der Waals surface area contributed by atoms with Gasteiger partial charge >= 0.3 is 39.5 Å². The molecule has 0 saturated carbocycles. The molecule has 0 heterocycles. The van der Waals surface area contributed by atoms with Crippen molar-refractivity contribution in [2.24, 2.45) is 5.92 Å². The Morgan fingerprint density at radius 1 is 0.333 bits per heavy atom. The first-order chi connectivity index (χ1) is 40.6. The van der Waals surface area contributed by atoms with Gasteiger partial charge < -0.3 is 33.8 Å². The van der Waals surface area contributed by atoms with Gasteiger partial charge in [-0.25, -0.2) is 9.13 Å². The van der Waals surface area contributed by atoms with Crippen LogP contribution in [0.4, 0.5) is 0 Å². The summed E-state index contributed by atoms with van der Waals surface area (Å²) in [6.45, 7) is 7.02. The quantitative estimate of drug-likeness (QED) is 0.0222. The third-order valence-electron chi connectivity index (χ3n) is 15.4. The predicted octanol–water partition coefficient (Wildman–Crippen LogP) is 18.2. The van der Waals surface area contributed by atoms with Crippen LogP contribution in [-0.2, 0) is 65.4 Å². The fourth-order valence-corrected chi connectivity index (χ4v) is 11.3. The van der Waals surface area contributed by atoms with Gasteiger partial charge in [0.15, 0.2) is 12.2 Å². The van der Waals surface area contributed by atoms with Crippen LogP contribution in [0.3, 0.4) is 0 Å². The van der Waals surface area contributed by atoms with Gasteiger partial charge in [0, 0.05) is 25.7 Å². The minimum Gasteiger partial charge on any atom is -0.462 e. The molecule has 84 heavy (non-hydrogen) atoms. The lowest BCUT2D eigenvalue weighted by molar-refractivity contribution is -0.161. The Labute approximate surface area is 511 Å². The molecule has 0 amide bonds. The first kappa shape index (κ1) is 82.1. The largest absolute Gasteiger partial charge is 0.472 e. The van der Waals surface area contributed by atoms with Crippen molar-refractivity contribution in [3.63, 3.8) is 0 Å². The second-order valence-electron chi connectivity index (χ2n) is 23.7. The van der Waals surface area contributed by atoms with Gasteiger partial charge in [-0.3, -0.25) is 37.3 Å². The van der Waals surface area contributed by atoms with Crippen molar-refractivity contribution >= 4 is 39.5 Å². The molecule has 0 bridgehead atoms. The molecule has 0 rings (SSSR count). The number of hydrogen-bond acceptors (Lipinski definition) is 15. The molecule has 0 aromatic rings. The SMILES string of the molecule is CCCCCCCCCCCCCCCCCCCCCCCCC(=O)O[C@H](COC(=O)CCCCCCCCC(C)CC)COP(=O)(O)OC[C@@H](O)COP(=O)(O)OC[C@@H](COC(=O)CCCCCCC)OC(=O)CCCCCCCCC. The topological polar surface area (TPSA) is 237 Å². The van der Waals surface area contributed by atoms with E-state index in [1.165, 1.54) is 128 Å². The molecule has 6 atom stereocenters. The van der Waals surface area contributed by atoms with E-state index in [1.807, 2.05) is 0 Å². The van der Waals surface area contributed by atoms with Crippen molar-refractivity contribution < 1.29 is 80.2 Å². The number of carbonyl (C=O) groups excluding carboxylic acids is 4. The summed E-state index contributed by atoms with van der Waals surface area (Å²) in [5, 5.41) is 10.5. The van der Waals surface area contributed by atoms with Crippen LogP contribution in [0.25, 0.3) is 0 Å². The monoisotopic (exact) mass is 1240 g/mol. The molecule has 0 radical (unpaired) electrons. The van der Waals surface area contributed by atoms with Crippen molar-refractivity contribution in [2.45, 2.75) is 348 Å². The van der Waals surface area contributed by atoms with Crippen LogP contribution in [0.15, 0.2) is 0 Å². The van der Waals surface area contributed by atoms with E-state index in [2.05, 4.69) is 34.6 Å². The third-order valence-corrected chi connectivity index (χ3v) is 17.3. The first-order valence-electron chi connectivity index (χ1n) is 34.2. The smallest absolute Gasteiger partial charge is 0.462 e. The number of phosphoric ester groups is 2. The number of aliphatic hydroxyl groups excluding tert-OH is 1. The summed E-state index contributed by atoms with van der Waals surface area (Å²) >= 11 is 0. The molecule has 498 valence electrons. The van der Waals surface area contributed by atoms with E-state index >= 15 is 0 Å². The van der Waals surface area contributed by atoms with Gasteiger partial charge in [0.2, 0.25) is 0 Å². The average Bonchev–Trinajstić information content (AvgIpc) is 3.65. The summed E-state index contributed by atoms with van der Waals surface area (Å²) in [7, 11) is -9.87. The maximum atomic E-state index is 13.0. The molecule has 0 spiro atoms. The van der Waals surface area contributed by atoms with Crippen LogP contribution >= 0.6 is 15.6 Å². The molecular weight excluding hydrogens is 1110 g/mol. The fourth-order valence-electron chi connectivity index (χ4n) is 9.73. The normalized spacial score (nSPS) is 14.5. The Morgan fingerprint density at radius 3 is 0.845 bits per heavy atom. The van der Waals surface area contributed by atoms with Crippen molar-refractivity contribution in [3.8, 4) is 0 Å². The average molecular weight is 1240 g/mol. The zero-order chi connectivity index (χ0) is 62.0. The minimum atomic E-state index is -4.94. The molecule has 0 fully saturated rings. The predicted molar refractivity (Wildman–Crippen MR) is 335 cm³/mol. The lowest BCUT2D eigenvalue weighted by atomic mass is 10.00. The second kappa shape index (κ2) is 58.7. The van der Waals surface area contributed by atoms with Crippen LogP contribution in [0.5, 0.6) is 0 Å². The maximum Gasteiger partial charge on any atom is 0.472 e. The zero-order valence-corrected chi connectivity index (χ0v) is 55.8. The van der Waals surface area contributed by atoms with Gasteiger partial charge in [-0.05, 0) is 31.6 Å². The molecule has 0 aromatic heterocycles. The van der Waals surface area contributed by atoms with Crippen molar-refractivity contribution in [3.05, 3.63) is 0 Å². The summed E-state index contributed by atoms with van der Waals surface area (Å²) in [4.78, 5) is 71.8. The highest BCUT2D eigenvalue weighted by atomic mass is 31.2. The Kier molecular flexibility index (Phi) is 57.4.